The zero-order chi connectivity index (χ0) is 19.4. The predicted molar refractivity (Wildman–Crippen MR) is 110 cm³/mol. The van der Waals surface area contributed by atoms with Gasteiger partial charge in [0.25, 0.3) is 0 Å². The number of nitrogens with zero attached hydrogens (tertiary/aromatic N) is 1. The first-order valence-corrected chi connectivity index (χ1v) is 11.5. The normalized spacial score (nSPS) is 18.0. The monoisotopic (exact) mass is 404 g/mol. The van der Waals surface area contributed by atoms with Gasteiger partial charge in [0.05, 0.1) is 10.8 Å². The Bertz CT molecular complexity index is 881. The maximum absolute atomic E-state index is 13.1. The summed E-state index contributed by atoms with van der Waals surface area (Å²) in [5, 5.41) is 2.85. The van der Waals surface area contributed by atoms with E-state index in [4.69, 9.17) is 0 Å². The lowest BCUT2D eigenvalue weighted by Crippen LogP contribution is -2.47. The molecule has 1 amide bonds. The lowest BCUT2D eigenvalue weighted by atomic mass is 10.1. The highest BCUT2D eigenvalue weighted by atomic mass is 32.2. The molecular weight excluding hydrogens is 380 g/mol. The van der Waals surface area contributed by atoms with Crippen LogP contribution in [0.2, 0.25) is 0 Å². The molecule has 2 aromatic carbocycles. The molecule has 1 N–H and O–H groups in total. The van der Waals surface area contributed by atoms with Crippen molar-refractivity contribution < 1.29 is 13.2 Å². The number of rotatable bonds is 6. The molecule has 0 saturated carbocycles. The highest BCUT2D eigenvalue weighted by molar-refractivity contribution is 8.00. The zero-order valence-electron chi connectivity index (χ0n) is 15.5. The molecule has 3 rings (SSSR count). The third-order valence-electron chi connectivity index (χ3n) is 4.40. The van der Waals surface area contributed by atoms with E-state index in [1.807, 2.05) is 44.2 Å². The third-order valence-corrected chi connectivity index (χ3v) is 7.44. The van der Waals surface area contributed by atoms with E-state index >= 15 is 0 Å². The van der Waals surface area contributed by atoms with Crippen LogP contribution in [-0.2, 0) is 14.8 Å². The minimum Gasteiger partial charge on any atom is -0.354 e. The van der Waals surface area contributed by atoms with Gasteiger partial charge < -0.3 is 5.32 Å². The summed E-state index contributed by atoms with van der Waals surface area (Å²) in [6.45, 7) is 4.55. The van der Waals surface area contributed by atoms with Crippen LogP contribution in [0.4, 0.5) is 0 Å². The Hall–Kier alpha value is -1.83. The fraction of sp³-hybridized carbons (Fsp3) is 0.350. The van der Waals surface area contributed by atoms with Crippen LogP contribution >= 0.6 is 11.8 Å². The van der Waals surface area contributed by atoms with Crippen molar-refractivity contribution >= 4 is 27.7 Å². The number of benzene rings is 2. The zero-order valence-corrected chi connectivity index (χ0v) is 17.1. The Morgan fingerprint density at radius 1 is 1.11 bits per heavy atom. The Morgan fingerprint density at radius 2 is 1.74 bits per heavy atom. The first-order valence-electron chi connectivity index (χ1n) is 8.92. The van der Waals surface area contributed by atoms with Crippen LogP contribution in [0.15, 0.2) is 59.5 Å². The van der Waals surface area contributed by atoms with Gasteiger partial charge in [0.1, 0.15) is 6.04 Å². The van der Waals surface area contributed by atoms with Crippen molar-refractivity contribution in [2.24, 2.45) is 5.92 Å². The van der Waals surface area contributed by atoms with Crippen molar-refractivity contribution in [2.45, 2.75) is 24.8 Å². The minimum absolute atomic E-state index is 0.214. The van der Waals surface area contributed by atoms with Crippen LogP contribution in [0.1, 0.15) is 13.8 Å². The molecule has 27 heavy (non-hydrogen) atoms. The molecule has 1 aliphatic rings. The molecule has 1 saturated heterocycles. The van der Waals surface area contributed by atoms with Crippen molar-refractivity contribution in [2.75, 3.05) is 18.2 Å². The van der Waals surface area contributed by atoms with Crippen LogP contribution in [0.3, 0.4) is 0 Å². The predicted octanol–water partition coefficient (Wildman–Crippen LogP) is 3.19. The lowest BCUT2D eigenvalue weighted by molar-refractivity contribution is -0.123. The Balaban J connectivity index is 1.79. The molecule has 0 radical (unpaired) electrons. The molecule has 1 fully saturated rings. The molecule has 7 heteroatoms. The van der Waals surface area contributed by atoms with Crippen LogP contribution in [0, 0.1) is 5.92 Å². The number of amides is 1. The Morgan fingerprint density at radius 3 is 2.37 bits per heavy atom. The van der Waals surface area contributed by atoms with Gasteiger partial charge in [-0.2, -0.15) is 4.31 Å². The second-order valence-electron chi connectivity index (χ2n) is 6.94. The molecule has 0 aromatic heterocycles. The SMILES string of the molecule is CC(C)CNC(=O)C1CSCN1S(=O)(=O)c1ccc(-c2ccccc2)cc1. The number of nitrogens with one attached hydrogen (secondary N) is 1. The first kappa shape index (κ1) is 19.9. The van der Waals surface area contributed by atoms with E-state index < -0.39 is 16.1 Å². The molecule has 5 nitrogen and oxygen atoms in total. The van der Waals surface area contributed by atoms with Gasteiger partial charge in [-0.05, 0) is 29.2 Å². The number of carbonyl (C=O) groups excluding carboxylic acids is 1. The van der Waals surface area contributed by atoms with Crippen molar-refractivity contribution in [1.82, 2.24) is 9.62 Å². The molecule has 1 atom stereocenters. The average molecular weight is 405 g/mol. The van der Waals surface area contributed by atoms with Crippen LogP contribution in [0.5, 0.6) is 0 Å². The molecule has 0 spiro atoms. The number of thioether (sulfide) groups is 1. The van der Waals surface area contributed by atoms with Gasteiger partial charge in [-0.15, -0.1) is 11.8 Å². The fourth-order valence-electron chi connectivity index (χ4n) is 2.88. The van der Waals surface area contributed by atoms with E-state index in [2.05, 4.69) is 5.32 Å². The summed E-state index contributed by atoms with van der Waals surface area (Å²) in [4.78, 5) is 12.7. The van der Waals surface area contributed by atoms with E-state index in [-0.39, 0.29) is 10.8 Å². The van der Waals surface area contributed by atoms with Gasteiger partial charge in [-0.3, -0.25) is 4.79 Å². The van der Waals surface area contributed by atoms with Gasteiger partial charge >= 0.3 is 0 Å². The van der Waals surface area contributed by atoms with Crippen molar-refractivity contribution in [3.8, 4) is 11.1 Å². The molecule has 0 bridgehead atoms. The summed E-state index contributed by atoms with van der Waals surface area (Å²) < 4.78 is 27.4. The van der Waals surface area contributed by atoms with Gasteiger partial charge in [0, 0.05) is 12.3 Å². The van der Waals surface area contributed by atoms with E-state index in [9.17, 15) is 13.2 Å². The van der Waals surface area contributed by atoms with Crippen molar-refractivity contribution in [3.63, 3.8) is 0 Å². The standard InChI is InChI=1S/C20H24N2O3S2/c1-15(2)12-21-20(23)19-13-26-14-22(19)27(24,25)18-10-8-17(9-11-18)16-6-4-3-5-7-16/h3-11,15,19H,12-14H2,1-2H3,(H,21,23). The van der Waals surface area contributed by atoms with Crippen LogP contribution in [0.25, 0.3) is 11.1 Å². The number of sulfonamides is 1. The van der Waals surface area contributed by atoms with E-state index in [0.29, 0.717) is 24.1 Å². The number of carbonyl (C=O) groups is 1. The molecule has 144 valence electrons. The lowest BCUT2D eigenvalue weighted by Gasteiger charge is -2.23. The number of hydrogen-bond donors (Lipinski definition) is 1. The molecule has 0 aliphatic carbocycles. The highest BCUT2D eigenvalue weighted by Crippen LogP contribution is 2.29. The maximum Gasteiger partial charge on any atom is 0.244 e. The largest absolute Gasteiger partial charge is 0.354 e. The van der Waals surface area contributed by atoms with Crippen LogP contribution < -0.4 is 5.32 Å². The second-order valence-corrected chi connectivity index (χ2v) is 9.83. The summed E-state index contributed by atoms with van der Waals surface area (Å²) in [5.74, 6) is 0.866. The molecular formula is C20H24N2O3S2. The summed E-state index contributed by atoms with van der Waals surface area (Å²) in [6.07, 6.45) is 0. The van der Waals surface area contributed by atoms with Crippen LogP contribution in [-0.4, -0.2) is 42.8 Å². The average Bonchev–Trinajstić information content (AvgIpc) is 3.18. The Kier molecular flexibility index (Phi) is 6.24. The van der Waals surface area contributed by atoms with E-state index in [1.54, 1.807) is 24.3 Å². The van der Waals surface area contributed by atoms with Crippen molar-refractivity contribution in [3.05, 3.63) is 54.6 Å². The van der Waals surface area contributed by atoms with E-state index in [0.717, 1.165) is 11.1 Å². The van der Waals surface area contributed by atoms with Gasteiger partial charge in [-0.1, -0.05) is 56.3 Å². The van der Waals surface area contributed by atoms with E-state index in [1.165, 1.54) is 16.1 Å². The molecule has 1 aliphatic heterocycles. The summed E-state index contributed by atoms with van der Waals surface area (Å²) in [6, 6.07) is 16.0. The van der Waals surface area contributed by atoms with Gasteiger partial charge in [-0.25, -0.2) is 8.42 Å². The minimum atomic E-state index is -3.72. The molecule has 1 heterocycles. The second kappa shape index (κ2) is 8.46. The fourth-order valence-corrected chi connectivity index (χ4v) is 6.03. The first-order chi connectivity index (χ1) is 12.9. The quantitative estimate of drug-likeness (QED) is 0.803. The van der Waals surface area contributed by atoms with Gasteiger partial charge in [0.15, 0.2) is 0 Å². The molecule has 2 aromatic rings. The topological polar surface area (TPSA) is 66.5 Å². The Labute approximate surface area is 165 Å². The summed E-state index contributed by atoms with van der Waals surface area (Å²) in [5.41, 5.74) is 1.99. The maximum atomic E-state index is 13.1. The molecule has 1 unspecified atom stereocenters. The van der Waals surface area contributed by atoms with Gasteiger partial charge in [0.2, 0.25) is 15.9 Å². The summed E-state index contributed by atoms with van der Waals surface area (Å²) >= 11 is 1.46. The number of hydrogen-bond acceptors (Lipinski definition) is 4. The third kappa shape index (κ3) is 4.54. The van der Waals surface area contributed by atoms with Crippen molar-refractivity contribution in [1.29, 1.82) is 0 Å². The smallest absolute Gasteiger partial charge is 0.244 e. The summed E-state index contributed by atoms with van der Waals surface area (Å²) in [7, 11) is -3.72. The highest BCUT2D eigenvalue weighted by Gasteiger charge is 2.39.